The Bertz CT molecular complexity index is 954. The molecule has 30 heavy (non-hydrogen) atoms. The molecule has 2 amide bonds. The molecule has 4 aliphatic carbocycles. The molecule has 2 aromatic rings. The van der Waals surface area contributed by atoms with Crippen molar-refractivity contribution in [3.8, 4) is 0 Å². The van der Waals surface area contributed by atoms with Crippen LogP contribution in [0.5, 0.6) is 0 Å². The number of hydrogen-bond donors (Lipinski definition) is 2. The maximum absolute atomic E-state index is 13.2. The lowest BCUT2D eigenvalue weighted by atomic mass is 9.50. The number of anilines is 1. The summed E-state index contributed by atoms with van der Waals surface area (Å²) in [6.45, 7) is 3.70. The van der Waals surface area contributed by atoms with Crippen LogP contribution in [-0.4, -0.2) is 32.1 Å². The summed E-state index contributed by atoms with van der Waals surface area (Å²) in [5.74, 6) is 1.01. The molecule has 7 heteroatoms. The van der Waals surface area contributed by atoms with Gasteiger partial charge >= 0.3 is 0 Å². The van der Waals surface area contributed by atoms with E-state index in [0.717, 1.165) is 32.1 Å². The van der Waals surface area contributed by atoms with Gasteiger partial charge in [0.1, 0.15) is 12.7 Å². The zero-order chi connectivity index (χ0) is 20.9. The molecule has 7 nitrogen and oxygen atoms in total. The van der Waals surface area contributed by atoms with Gasteiger partial charge in [-0.25, -0.2) is 9.67 Å². The van der Waals surface area contributed by atoms with Crippen molar-refractivity contribution < 1.29 is 9.59 Å². The van der Waals surface area contributed by atoms with Gasteiger partial charge in [0.25, 0.3) is 5.91 Å². The third-order valence-corrected chi connectivity index (χ3v) is 7.23. The van der Waals surface area contributed by atoms with Gasteiger partial charge in [0.15, 0.2) is 0 Å². The second-order valence-electron chi connectivity index (χ2n) is 9.98. The summed E-state index contributed by atoms with van der Waals surface area (Å²) in [5, 5.41) is 10.8. The third-order valence-electron chi connectivity index (χ3n) is 7.23. The van der Waals surface area contributed by atoms with Crippen molar-refractivity contribution in [1.29, 1.82) is 0 Å². The summed E-state index contributed by atoms with van der Waals surface area (Å²) in [7, 11) is 0. The Hall–Kier alpha value is -2.70. The van der Waals surface area contributed by atoms with Crippen LogP contribution in [0, 0.1) is 17.8 Å². The maximum Gasteiger partial charge on any atom is 0.251 e. The van der Waals surface area contributed by atoms with E-state index < -0.39 is 0 Å². The highest BCUT2D eigenvalue weighted by Gasteiger charge is 2.59. The largest absolute Gasteiger partial charge is 0.346 e. The SMILES string of the molecule is CC(C)C(=O)Nc1cccc(C(=O)NC23CC4CC(C2)CC(n2cncn2)(C4)C3)c1. The quantitative estimate of drug-likeness (QED) is 0.795. The molecule has 1 aromatic carbocycles. The van der Waals surface area contributed by atoms with E-state index in [-0.39, 0.29) is 28.8 Å². The fourth-order valence-corrected chi connectivity index (χ4v) is 6.42. The van der Waals surface area contributed by atoms with E-state index in [9.17, 15) is 9.59 Å². The van der Waals surface area contributed by atoms with E-state index >= 15 is 0 Å². The molecule has 158 valence electrons. The maximum atomic E-state index is 13.2. The number of carbonyl (C=O) groups is 2. The Balaban J connectivity index is 1.37. The molecule has 4 fully saturated rings. The van der Waals surface area contributed by atoms with E-state index in [1.54, 1.807) is 12.4 Å². The first-order valence-corrected chi connectivity index (χ1v) is 11.0. The minimum atomic E-state index is -0.190. The van der Waals surface area contributed by atoms with Crippen LogP contribution in [-0.2, 0) is 10.3 Å². The molecule has 0 radical (unpaired) electrons. The van der Waals surface area contributed by atoms with Gasteiger partial charge in [-0.1, -0.05) is 19.9 Å². The molecule has 0 saturated heterocycles. The van der Waals surface area contributed by atoms with E-state index in [4.69, 9.17) is 0 Å². The third kappa shape index (κ3) is 3.30. The Morgan fingerprint density at radius 1 is 1.17 bits per heavy atom. The van der Waals surface area contributed by atoms with E-state index in [1.807, 2.05) is 43.1 Å². The molecule has 0 spiro atoms. The summed E-state index contributed by atoms with van der Waals surface area (Å²) in [4.78, 5) is 29.4. The predicted octanol–water partition coefficient (Wildman–Crippen LogP) is 3.35. The van der Waals surface area contributed by atoms with Crippen molar-refractivity contribution in [3.63, 3.8) is 0 Å². The molecule has 2 N–H and O–H groups in total. The van der Waals surface area contributed by atoms with Crippen LogP contribution in [0.15, 0.2) is 36.9 Å². The van der Waals surface area contributed by atoms with Crippen LogP contribution < -0.4 is 10.6 Å². The standard InChI is InChI=1S/C23H29N5O2/c1-15(2)20(29)26-19-5-3-4-18(7-19)21(30)27-22-8-16-6-17(9-22)11-23(10-16,12-22)28-14-24-13-25-28/h3-5,7,13-17H,6,8-12H2,1-2H3,(H,26,29)(H,27,30). The second-order valence-corrected chi connectivity index (χ2v) is 9.98. The van der Waals surface area contributed by atoms with Crippen molar-refractivity contribution in [3.05, 3.63) is 42.5 Å². The average molecular weight is 408 g/mol. The van der Waals surface area contributed by atoms with E-state index in [1.165, 1.54) is 6.42 Å². The first-order valence-electron chi connectivity index (χ1n) is 11.0. The van der Waals surface area contributed by atoms with Crippen LogP contribution in [0.1, 0.15) is 62.7 Å². The van der Waals surface area contributed by atoms with Crippen molar-refractivity contribution in [2.24, 2.45) is 17.8 Å². The summed E-state index contributed by atoms with van der Waals surface area (Å²) in [6.07, 6.45) is 9.94. The zero-order valence-electron chi connectivity index (χ0n) is 17.6. The Morgan fingerprint density at radius 3 is 2.60 bits per heavy atom. The van der Waals surface area contributed by atoms with Crippen molar-refractivity contribution in [1.82, 2.24) is 20.1 Å². The molecular weight excluding hydrogens is 378 g/mol. The predicted molar refractivity (Wildman–Crippen MR) is 113 cm³/mol. The Labute approximate surface area is 176 Å². The monoisotopic (exact) mass is 407 g/mol. The molecule has 2 unspecified atom stereocenters. The molecule has 4 bridgehead atoms. The summed E-state index contributed by atoms with van der Waals surface area (Å²) in [6, 6.07) is 7.22. The van der Waals surface area contributed by atoms with Crippen LogP contribution in [0.4, 0.5) is 5.69 Å². The van der Waals surface area contributed by atoms with Gasteiger partial charge < -0.3 is 10.6 Å². The lowest BCUT2D eigenvalue weighted by Crippen LogP contribution is -2.65. The van der Waals surface area contributed by atoms with Crippen molar-refractivity contribution in [2.75, 3.05) is 5.32 Å². The summed E-state index contributed by atoms with van der Waals surface area (Å²) < 4.78 is 2.05. The Morgan fingerprint density at radius 2 is 1.93 bits per heavy atom. The van der Waals surface area contributed by atoms with Crippen molar-refractivity contribution >= 4 is 17.5 Å². The fourth-order valence-electron chi connectivity index (χ4n) is 6.42. The second kappa shape index (κ2) is 6.93. The van der Waals surface area contributed by atoms with Gasteiger partial charge in [-0.15, -0.1) is 0 Å². The molecule has 0 aliphatic heterocycles. The highest BCUT2D eigenvalue weighted by molar-refractivity contribution is 5.97. The first-order chi connectivity index (χ1) is 14.4. The van der Waals surface area contributed by atoms with Gasteiger partial charge in [-0.2, -0.15) is 5.10 Å². The number of amides is 2. The molecule has 6 rings (SSSR count). The molecule has 1 heterocycles. The number of carbonyl (C=O) groups excluding carboxylic acids is 2. The molecule has 1 aromatic heterocycles. The summed E-state index contributed by atoms with van der Waals surface area (Å²) >= 11 is 0. The van der Waals surface area contributed by atoms with Gasteiger partial charge in [0.2, 0.25) is 5.91 Å². The minimum Gasteiger partial charge on any atom is -0.346 e. The highest BCUT2D eigenvalue weighted by atomic mass is 16.2. The molecule has 4 aliphatic rings. The van der Waals surface area contributed by atoms with Gasteiger partial charge in [0, 0.05) is 22.7 Å². The van der Waals surface area contributed by atoms with Gasteiger partial charge in [-0.3, -0.25) is 9.59 Å². The lowest BCUT2D eigenvalue weighted by molar-refractivity contribution is -0.118. The Kier molecular flexibility index (Phi) is 4.45. The number of nitrogens with zero attached hydrogens (tertiary/aromatic N) is 3. The topological polar surface area (TPSA) is 88.9 Å². The van der Waals surface area contributed by atoms with Crippen LogP contribution >= 0.6 is 0 Å². The van der Waals surface area contributed by atoms with E-state index in [2.05, 4.69) is 20.7 Å². The minimum absolute atomic E-state index is 0.0268. The lowest BCUT2D eigenvalue weighted by Gasteiger charge is -2.61. The summed E-state index contributed by atoms with van der Waals surface area (Å²) in [5.41, 5.74) is 1.03. The zero-order valence-corrected chi connectivity index (χ0v) is 17.6. The molecule has 2 atom stereocenters. The molecular formula is C23H29N5O2. The van der Waals surface area contributed by atoms with Gasteiger partial charge in [-0.05, 0) is 68.6 Å². The smallest absolute Gasteiger partial charge is 0.251 e. The number of hydrogen-bond acceptors (Lipinski definition) is 4. The van der Waals surface area contributed by atoms with Crippen LogP contribution in [0.2, 0.25) is 0 Å². The van der Waals surface area contributed by atoms with Crippen LogP contribution in [0.3, 0.4) is 0 Å². The van der Waals surface area contributed by atoms with Crippen molar-refractivity contribution in [2.45, 2.75) is 63.5 Å². The normalized spacial score (nSPS) is 31.7. The first kappa shape index (κ1) is 19.3. The average Bonchev–Trinajstić information content (AvgIpc) is 3.22. The fraction of sp³-hybridized carbons (Fsp3) is 0.565. The number of benzene rings is 1. The van der Waals surface area contributed by atoms with Gasteiger partial charge in [0.05, 0.1) is 5.54 Å². The molecule has 4 saturated carbocycles. The number of rotatable bonds is 5. The number of nitrogens with one attached hydrogen (secondary N) is 2. The number of aromatic nitrogens is 3. The highest BCUT2D eigenvalue weighted by Crippen LogP contribution is 2.60. The van der Waals surface area contributed by atoms with E-state index in [0.29, 0.717) is 23.1 Å². The van der Waals surface area contributed by atoms with Crippen LogP contribution in [0.25, 0.3) is 0 Å².